The van der Waals surface area contributed by atoms with Gasteiger partial charge in [-0.15, -0.1) is 0 Å². The lowest BCUT2D eigenvalue weighted by Gasteiger charge is -2.38. The number of carbonyl (C=O) groups excluding carboxylic acids is 2. The summed E-state index contributed by atoms with van der Waals surface area (Å²) in [6.07, 6.45) is 4.86. The Balaban J connectivity index is 3.16. The van der Waals surface area contributed by atoms with E-state index in [-0.39, 0.29) is 11.5 Å². The lowest BCUT2D eigenvalue weighted by atomic mass is 10.1. The highest BCUT2D eigenvalue weighted by molar-refractivity contribution is 6.74. The summed E-state index contributed by atoms with van der Waals surface area (Å²) in [5.41, 5.74) is 0.375. The molecule has 27 heavy (non-hydrogen) atoms. The van der Waals surface area contributed by atoms with Crippen LogP contribution >= 0.6 is 0 Å². The molecule has 1 atom stereocenters. The van der Waals surface area contributed by atoms with Crippen molar-refractivity contribution in [2.24, 2.45) is 0 Å². The van der Waals surface area contributed by atoms with Gasteiger partial charge in [-0.2, -0.15) is 0 Å². The molecule has 0 amide bonds. The Morgan fingerprint density at radius 3 is 2.26 bits per heavy atom. The topological polar surface area (TPSA) is 61.8 Å². The van der Waals surface area contributed by atoms with Crippen molar-refractivity contribution in [3.63, 3.8) is 0 Å². The van der Waals surface area contributed by atoms with Gasteiger partial charge in [0.1, 0.15) is 5.60 Å². The highest BCUT2D eigenvalue weighted by Crippen LogP contribution is 2.40. The molecule has 0 saturated heterocycles. The van der Waals surface area contributed by atoms with Gasteiger partial charge in [0.25, 0.3) is 0 Å². The molecule has 5 nitrogen and oxygen atoms in total. The maximum Gasteiger partial charge on any atom is 0.337 e. The molecule has 1 rings (SSSR count). The lowest BCUT2D eigenvalue weighted by molar-refractivity contribution is -0.157. The predicted octanol–water partition coefficient (Wildman–Crippen LogP) is 5.28. The molecule has 1 aliphatic heterocycles. The molecule has 0 aliphatic carbocycles. The third-order valence-corrected chi connectivity index (χ3v) is 9.18. The Morgan fingerprint density at radius 2 is 1.78 bits per heavy atom. The summed E-state index contributed by atoms with van der Waals surface area (Å²) in [5.74, 6) is -0.940. The molecule has 6 heteroatoms. The predicted molar refractivity (Wildman–Crippen MR) is 110 cm³/mol. The van der Waals surface area contributed by atoms with Crippen molar-refractivity contribution >= 4 is 20.3 Å². The van der Waals surface area contributed by atoms with E-state index in [1.807, 2.05) is 12.2 Å². The number of carbonyl (C=O) groups is 2. The minimum Gasteiger partial charge on any atom is -0.460 e. The summed E-state index contributed by atoms with van der Waals surface area (Å²) in [6.45, 7) is 18.1. The summed E-state index contributed by atoms with van der Waals surface area (Å²) < 4.78 is 17.2. The van der Waals surface area contributed by atoms with Crippen molar-refractivity contribution in [3.05, 3.63) is 23.3 Å². The van der Waals surface area contributed by atoms with E-state index in [4.69, 9.17) is 13.9 Å². The van der Waals surface area contributed by atoms with E-state index in [1.165, 1.54) is 0 Å². The molecular formula is C21H36O5Si. The Bertz CT molecular complexity index is 617. The van der Waals surface area contributed by atoms with Gasteiger partial charge in [-0.05, 0) is 45.3 Å². The van der Waals surface area contributed by atoms with Gasteiger partial charge in [-0.1, -0.05) is 46.3 Å². The van der Waals surface area contributed by atoms with Crippen molar-refractivity contribution in [1.29, 1.82) is 0 Å². The number of ether oxygens (including phenoxy) is 2. The fourth-order valence-electron chi connectivity index (χ4n) is 2.28. The highest BCUT2D eigenvalue weighted by Gasteiger charge is 2.44. The van der Waals surface area contributed by atoms with Crippen LogP contribution in [0.4, 0.5) is 0 Å². The number of hydrogen-bond acceptors (Lipinski definition) is 5. The first-order chi connectivity index (χ1) is 12.2. The molecule has 0 fully saturated rings. The molecule has 1 unspecified atom stereocenters. The Labute approximate surface area is 165 Å². The van der Waals surface area contributed by atoms with Crippen molar-refractivity contribution in [2.45, 2.75) is 97.8 Å². The fraction of sp³-hybridized carbons (Fsp3) is 0.714. The third kappa shape index (κ3) is 6.92. The Kier molecular flexibility index (Phi) is 7.65. The summed E-state index contributed by atoms with van der Waals surface area (Å²) in [4.78, 5) is 24.7. The van der Waals surface area contributed by atoms with E-state index in [1.54, 1.807) is 20.8 Å². The fourth-order valence-corrected chi connectivity index (χ4v) is 3.34. The molecule has 0 N–H and O–H groups in total. The summed E-state index contributed by atoms with van der Waals surface area (Å²) in [7, 11) is -2.16. The van der Waals surface area contributed by atoms with E-state index < -0.39 is 32.1 Å². The SMILES string of the molecule is CCC/C=C/C1=C(CC(=O)OC(C)(C)C)C(=O)OC1O[Si](C)(C)C(C)(C)C. The zero-order valence-electron chi connectivity index (χ0n) is 18.4. The molecule has 0 saturated carbocycles. The lowest BCUT2D eigenvalue weighted by Crippen LogP contribution is -2.44. The maximum absolute atomic E-state index is 12.5. The minimum absolute atomic E-state index is 0.0223. The van der Waals surface area contributed by atoms with Gasteiger partial charge in [-0.3, -0.25) is 4.79 Å². The average molecular weight is 397 g/mol. The van der Waals surface area contributed by atoms with Gasteiger partial charge in [0.05, 0.1) is 12.0 Å². The molecule has 1 aliphatic rings. The maximum atomic E-state index is 12.5. The normalized spacial score (nSPS) is 19.0. The van der Waals surface area contributed by atoms with Gasteiger partial charge < -0.3 is 13.9 Å². The molecule has 0 radical (unpaired) electrons. The van der Waals surface area contributed by atoms with Gasteiger partial charge in [0, 0.05) is 5.57 Å². The van der Waals surface area contributed by atoms with E-state index in [2.05, 4.69) is 40.8 Å². The first-order valence-corrected chi connectivity index (χ1v) is 12.6. The third-order valence-electron chi connectivity index (χ3n) is 4.76. The number of unbranched alkanes of at least 4 members (excludes halogenated alkanes) is 1. The van der Waals surface area contributed by atoms with Crippen molar-refractivity contribution in [1.82, 2.24) is 0 Å². The number of allylic oxidation sites excluding steroid dienone is 1. The van der Waals surface area contributed by atoms with E-state index >= 15 is 0 Å². The van der Waals surface area contributed by atoms with Crippen molar-refractivity contribution in [2.75, 3.05) is 0 Å². The second-order valence-corrected chi connectivity index (χ2v) is 14.3. The van der Waals surface area contributed by atoms with Crippen LogP contribution in [-0.4, -0.2) is 32.1 Å². The van der Waals surface area contributed by atoms with E-state index in [9.17, 15) is 9.59 Å². The number of rotatable bonds is 7. The van der Waals surface area contributed by atoms with Crippen LogP contribution in [0.5, 0.6) is 0 Å². The average Bonchev–Trinajstić information content (AvgIpc) is 2.72. The van der Waals surface area contributed by atoms with E-state index in [0.717, 1.165) is 12.8 Å². The smallest absolute Gasteiger partial charge is 0.337 e. The first-order valence-electron chi connectivity index (χ1n) is 9.68. The molecule has 0 bridgehead atoms. The molecule has 154 valence electrons. The minimum atomic E-state index is -2.16. The highest BCUT2D eigenvalue weighted by atomic mass is 28.4. The molecule has 1 heterocycles. The van der Waals surface area contributed by atoms with Crippen LogP contribution in [0.15, 0.2) is 23.3 Å². The zero-order chi connectivity index (χ0) is 21.0. The largest absolute Gasteiger partial charge is 0.460 e. The van der Waals surface area contributed by atoms with Crippen LogP contribution in [0, 0.1) is 0 Å². The van der Waals surface area contributed by atoms with Crippen LogP contribution in [-0.2, 0) is 23.5 Å². The summed E-state index contributed by atoms with van der Waals surface area (Å²) in [5, 5.41) is -0.0223. The molecular weight excluding hydrogens is 360 g/mol. The van der Waals surface area contributed by atoms with Crippen LogP contribution in [0.1, 0.15) is 67.7 Å². The molecule has 0 spiro atoms. The van der Waals surface area contributed by atoms with Gasteiger partial charge in [0.15, 0.2) is 8.32 Å². The van der Waals surface area contributed by atoms with Crippen molar-refractivity contribution in [3.8, 4) is 0 Å². The van der Waals surface area contributed by atoms with Gasteiger partial charge >= 0.3 is 11.9 Å². The molecule has 0 aromatic heterocycles. The zero-order valence-corrected chi connectivity index (χ0v) is 19.4. The first kappa shape index (κ1) is 23.6. The van der Waals surface area contributed by atoms with Crippen LogP contribution in [0.2, 0.25) is 18.1 Å². The van der Waals surface area contributed by atoms with Crippen LogP contribution in [0.25, 0.3) is 0 Å². The second-order valence-electron chi connectivity index (χ2n) is 9.50. The Hall–Kier alpha value is -1.40. The number of hydrogen-bond donors (Lipinski definition) is 0. The molecule has 0 aromatic carbocycles. The van der Waals surface area contributed by atoms with Gasteiger partial charge in [0.2, 0.25) is 6.29 Å². The van der Waals surface area contributed by atoms with Crippen LogP contribution < -0.4 is 0 Å². The van der Waals surface area contributed by atoms with Crippen molar-refractivity contribution < 1.29 is 23.5 Å². The standard InChI is InChI=1S/C21H36O5Si/c1-10-11-12-13-15-16(14-17(22)25-20(2,3)4)18(23)24-19(15)26-27(8,9)21(5,6)7/h12-13,19H,10-11,14H2,1-9H3/b13-12+. The monoisotopic (exact) mass is 396 g/mol. The number of esters is 2. The second kappa shape index (κ2) is 8.74. The van der Waals surface area contributed by atoms with E-state index in [0.29, 0.717) is 11.1 Å². The van der Waals surface area contributed by atoms with Gasteiger partial charge in [-0.25, -0.2) is 4.79 Å². The summed E-state index contributed by atoms with van der Waals surface area (Å²) in [6, 6.07) is 0. The summed E-state index contributed by atoms with van der Waals surface area (Å²) >= 11 is 0. The molecule has 0 aromatic rings. The Morgan fingerprint density at radius 1 is 1.19 bits per heavy atom. The van der Waals surface area contributed by atoms with Crippen LogP contribution in [0.3, 0.4) is 0 Å². The number of cyclic esters (lactones) is 1. The quantitative estimate of drug-likeness (QED) is 0.433.